The van der Waals surface area contributed by atoms with Gasteiger partial charge in [-0.3, -0.25) is 24.1 Å². The summed E-state index contributed by atoms with van der Waals surface area (Å²) in [6.07, 6.45) is 1.07. The Kier molecular flexibility index (Phi) is 7.16. The first kappa shape index (κ1) is 22.4. The van der Waals surface area contributed by atoms with Gasteiger partial charge < -0.3 is 10.1 Å². The smallest absolute Gasteiger partial charge is 0.326 e. The van der Waals surface area contributed by atoms with Crippen molar-refractivity contribution in [2.45, 2.75) is 29.4 Å². The third kappa shape index (κ3) is 5.08. The number of alkyl halides is 2. The Bertz CT molecular complexity index is 834. The molecular formula is C19H19Br3N2O5. The van der Waals surface area contributed by atoms with Gasteiger partial charge in [-0.05, 0) is 43.5 Å². The van der Waals surface area contributed by atoms with Crippen molar-refractivity contribution in [2.24, 2.45) is 11.8 Å². The Balaban J connectivity index is 1.52. The molecule has 10 heteroatoms. The zero-order valence-corrected chi connectivity index (χ0v) is 20.3. The summed E-state index contributed by atoms with van der Waals surface area (Å²) in [5.74, 6) is -2.83. The van der Waals surface area contributed by atoms with E-state index >= 15 is 0 Å². The maximum atomic E-state index is 12.6. The van der Waals surface area contributed by atoms with Crippen LogP contribution in [0.2, 0.25) is 0 Å². The van der Waals surface area contributed by atoms with Crippen LogP contribution in [0, 0.1) is 18.8 Å². The number of carbonyl (C=O) groups excluding carboxylic acids is 4. The molecule has 2 fully saturated rings. The summed E-state index contributed by atoms with van der Waals surface area (Å²) >= 11 is 10.4. The third-order valence-electron chi connectivity index (χ3n) is 5.12. The first-order valence-electron chi connectivity index (χ1n) is 9.02. The summed E-state index contributed by atoms with van der Waals surface area (Å²) in [5.41, 5.74) is 1.46. The first-order chi connectivity index (χ1) is 13.7. The molecule has 0 spiro atoms. The molecule has 3 amide bonds. The van der Waals surface area contributed by atoms with Crippen LogP contribution >= 0.6 is 47.8 Å². The lowest BCUT2D eigenvalue weighted by Crippen LogP contribution is -2.37. The van der Waals surface area contributed by atoms with Crippen molar-refractivity contribution < 1.29 is 23.9 Å². The Morgan fingerprint density at radius 2 is 1.72 bits per heavy atom. The highest BCUT2D eigenvalue weighted by Crippen LogP contribution is 2.43. The van der Waals surface area contributed by atoms with Crippen molar-refractivity contribution in [1.82, 2.24) is 4.90 Å². The van der Waals surface area contributed by atoms with Crippen LogP contribution in [0.4, 0.5) is 5.69 Å². The molecular weight excluding hydrogens is 576 g/mol. The highest BCUT2D eigenvalue weighted by molar-refractivity contribution is 9.12. The zero-order valence-electron chi connectivity index (χ0n) is 15.5. The zero-order chi connectivity index (χ0) is 21.3. The van der Waals surface area contributed by atoms with Crippen LogP contribution in [0.15, 0.2) is 22.7 Å². The molecule has 156 valence electrons. The number of esters is 1. The van der Waals surface area contributed by atoms with Crippen LogP contribution < -0.4 is 5.32 Å². The molecule has 4 atom stereocenters. The van der Waals surface area contributed by atoms with Crippen molar-refractivity contribution in [2.75, 3.05) is 18.5 Å². The molecule has 1 heterocycles. The van der Waals surface area contributed by atoms with E-state index < -0.39 is 36.9 Å². The topological polar surface area (TPSA) is 92.8 Å². The number of likely N-dealkylation sites (tertiary alicyclic amines) is 1. The van der Waals surface area contributed by atoms with E-state index in [1.807, 2.05) is 13.0 Å². The minimum Gasteiger partial charge on any atom is -0.454 e. The molecule has 1 aliphatic heterocycles. The number of hydrogen-bond acceptors (Lipinski definition) is 5. The highest BCUT2D eigenvalue weighted by Gasteiger charge is 2.52. The third-order valence-corrected chi connectivity index (χ3v) is 8.34. The fraction of sp³-hybridized carbons (Fsp3) is 0.474. The number of hydrogen-bond donors (Lipinski definition) is 1. The second kappa shape index (κ2) is 9.26. The number of anilines is 1. The summed E-state index contributed by atoms with van der Waals surface area (Å²) in [5, 5.41) is 2.66. The van der Waals surface area contributed by atoms with Crippen LogP contribution in [0.5, 0.6) is 0 Å². The molecule has 1 N–H and O–H groups in total. The predicted molar refractivity (Wildman–Crippen MR) is 117 cm³/mol. The quantitative estimate of drug-likeness (QED) is 0.321. The van der Waals surface area contributed by atoms with Crippen LogP contribution in [-0.2, 0) is 23.9 Å². The van der Waals surface area contributed by atoms with E-state index in [2.05, 4.69) is 53.1 Å². The van der Waals surface area contributed by atoms with Crippen molar-refractivity contribution >= 4 is 77.2 Å². The molecule has 1 aromatic rings. The lowest BCUT2D eigenvalue weighted by atomic mass is 9.81. The highest BCUT2D eigenvalue weighted by atomic mass is 79.9. The molecule has 7 nitrogen and oxygen atoms in total. The Labute approximate surface area is 193 Å². The molecule has 1 saturated heterocycles. The van der Waals surface area contributed by atoms with Gasteiger partial charge in [0.05, 0.1) is 11.8 Å². The number of fused-ring (bicyclic) bond motifs is 1. The predicted octanol–water partition coefficient (Wildman–Crippen LogP) is 3.16. The molecule has 3 rings (SSSR count). The largest absolute Gasteiger partial charge is 0.454 e. The van der Waals surface area contributed by atoms with Gasteiger partial charge >= 0.3 is 5.97 Å². The van der Waals surface area contributed by atoms with E-state index in [0.717, 1.165) is 14.9 Å². The molecule has 0 radical (unpaired) electrons. The first-order valence-corrected chi connectivity index (χ1v) is 11.6. The summed E-state index contributed by atoms with van der Waals surface area (Å²) < 4.78 is 5.86. The van der Waals surface area contributed by atoms with E-state index in [-0.39, 0.29) is 21.5 Å². The molecule has 0 bridgehead atoms. The normalized spacial score (nSPS) is 26.3. The number of imide groups is 1. The van der Waals surface area contributed by atoms with Crippen molar-refractivity contribution in [3.63, 3.8) is 0 Å². The van der Waals surface area contributed by atoms with E-state index in [1.54, 1.807) is 12.1 Å². The maximum absolute atomic E-state index is 12.6. The van der Waals surface area contributed by atoms with E-state index in [1.165, 1.54) is 0 Å². The second-order valence-electron chi connectivity index (χ2n) is 7.15. The number of carbonyl (C=O) groups is 4. The summed E-state index contributed by atoms with van der Waals surface area (Å²) in [4.78, 5) is 50.4. The second-order valence-corrected chi connectivity index (χ2v) is 10.4. The number of ether oxygens (including phenoxy) is 1. The lowest BCUT2D eigenvalue weighted by molar-refractivity contribution is -0.154. The minimum absolute atomic E-state index is 0.0955. The summed E-state index contributed by atoms with van der Waals surface area (Å²) in [6, 6.07) is 5.37. The molecule has 1 aliphatic carbocycles. The number of nitrogens with zero attached hydrogens (tertiary/aromatic N) is 1. The van der Waals surface area contributed by atoms with Crippen molar-refractivity contribution in [3.8, 4) is 0 Å². The SMILES string of the molecule is Cc1cc(Br)ccc1NC(=O)COC(=O)CN1C(=O)[C@H]2C[C@@H](Br)[C@@H](Br)C[C@H]2C1=O. The van der Waals surface area contributed by atoms with Gasteiger partial charge in [0.15, 0.2) is 6.61 Å². The van der Waals surface area contributed by atoms with Crippen LogP contribution in [0.3, 0.4) is 0 Å². The maximum Gasteiger partial charge on any atom is 0.326 e. The van der Waals surface area contributed by atoms with E-state index in [0.29, 0.717) is 18.5 Å². The fourth-order valence-electron chi connectivity index (χ4n) is 3.59. The number of rotatable bonds is 5. The molecule has 1 aromatic carbocycles. The van der Waals surface area contributed by atoms with Gasteiger partial charge in [-0.15, -0.1) is 0 Å². The van der Waals surface area contributed by atoms with Gasteiger partial charge in [-0.2, -0.15) is 0 Å². The Hall–Kier alpha value is -1.26. The van der Waals surface area contributed by atoms with E-state index in [9.17, 15) is 19.2 Å². The van der Waals surface area contributed by atoms with Crippen molar-refractivity contribution in [3.05, 3.63) is 28.2 Å². The fourth-order valence-corrected chi connectivity index (χ4v) is 5.31. The van der Waals surface area contributed by atoms with Crippen LogP contribution in [0.25, 0.3) is 0 Å². The van der Waals surface area contributed by atoms with Gasteiger partial charge in [0.1, 0.15) is 6.54 Å². The average Bonchev–Trinajstić information content (AvgIpc) is 2.87. The molecule has 29 heavy (non-hydrogen) atoms. The van der Waals surface area contributed by atoms with Crippen molar-refractivity contribution in [1.29, 1.82) is 0 Å². The number of halogens is 3. The van der Waals surface area contributed by atoms with Gasteiger partial charge in [-0.25, -0.2) is 0 Å². The van der Waals surface area contributed by atoms with Crippen LogP contribution in [0.1, 0.15) is 18.4 Å². The average molecular weight is 595 g/mol. The Morgan fingerprint density at radius 1 is 1.14 bits per heavy atom. The van der Waals surface area contributed by atoms with E-state index in [4.69, 9.17) is 4.74 Å². The lowest BCUT2D eigenvalue weighted by Gasteiger charge is -2.29. The standard InChI is InChI=1S/C19H19Br3N2O5/c1-9-4-10(20)2-3-15(9)23-16(25)8-29-17(26)7-24-18(27)11-5-13(21)14(22)6-12(11)19(24)28/h2-4,11-14H,5-8H2,1H3,(H,23,25)/t11-,12+,13+,14-. The summed E-state index contributed by atoms with van der Waals surface area (Å²) in [6.45, 7) is 0.866. The molecule has 0 unspecified atom stereocenters. The van der Waals surface area contributed by atoms with Gasteiger partial charge in [0.2, 0.25) is 11.8 Å². The number of nitrogens with one attached hydrogen (secondary N) is 1. The monoisotopic (exact) mass is 592 g/mol. The molecule has 2 aliphatic rings. The summed E-state index contributed by atoms with van der Waals surface area (Å²) in [7, 11) is 0. The number of amides is 3. The van der Waals surface area contributed by atoms with Crippen LogP contribution in [-0.4, -0.2) is 51.4 Å². The minimum atomic E-state index is -0.793. The Morgan fingerprint density at radius 3 is 2.28 bits per heavy atom. The van der Waals surface area contributed by atoms with Gasteiger partial charge in [0.25, 0.3) is 5.91 Å². The number of benzene rings is 1. The molecule has 0 aromatic heterocycles. The van der Waals surface area contributed by atoms with Gasteiger partial charge in [-0.1, -0.05) is 47.8 Å². The number of aryl methyl sites for hydroxylation is 1. The molecule has 1 saturated carbocycles. The van der Waals surface area contributed by atoms with Gasteiger partial charge in [0, 0.05) is 19.8 Å².